The highest BCUT2D eigenvalue weighted by molar-refractivity contribution is 5.84. The summed E-state index contributed by atoms with van der Waals surface area (Å²) in [6, 6.07) is 0. The minimum atomic E-state index is -0.530. The summed E-state index contributed by atoms with van der Waals surface area (Å²) >= 11 is 0. The van der Waals surface area contributed by atoms with Gasteiger partial charge in [-0.1, -0.05) is 20.3 Å². The molecule has 0 heterocycles. The molecule has 0 aliphatic heterocycles. The van der Waals surface area contributed by atoms with Crippen LogP contribution in [-0.4, -0.2) is 18.0 Å². The van der Waals surface area contributed by atoms with Crippen LogP contribution in [0.25, 0.3) is 0 Å². The Bertz CT molecular complexity index is 213. The van der Waals surface area contributed by atoms with Crippen LogP contribution in [0.4, 0.5) is 0 Å². The average Bonchev–Trinajstić information content (AvgIpc) is 2.95. The molecule has 0 bridgehead atoms. The van der Waals surface area contributed by atoms with E-state index < -0.39 is 5.54 Å². The molecule has 2 unspecified atom stereocenters. The van der Waals surface area contributed by atoms with Gasteiger partial charge in [0.25, 0.3) is 0 Å². The minimum Gasteiger partial charge on any atom is -0.368 e. The zero-order chi connectivity index (χ0) is 10.8. The van der Waals surface area contributed by atoms with Crippen LogP contribution in [0.15, 0.2) is 0 Å². The molecular weight excluding hydrogens is 176 g/mol. The average molecular weight is 198 g/mol. The Labute approximate surface area is 86.4 Å². The number of nitrogens with one attached hydrogen (secondary N) is 1. The molecule has 1 saturated carbocycles. The zero-order valence-corrected chi connectivity index (χ0v) is 9.47. The molecule has 0 radical (unpaired) electrons. The van der Waals surface area contributed by atoms with Gasteiger partial charge in [0.15, 0.2) is 0 Å². The summed E-state index contributed by atoms with van der Waals surface area (Å²) in [5.74, 6) is 0.837. The van der Waals surface area contributed by atoms with E-state index in [-0.39, 0.29) is 5.91 Å². The summed E-state index contributed by atoms with van der Waals surface area (Å²) in [5, 5.41) is 3.33. The van der Waals surface area contributed by atoms with Crippen molar-refractivity contribution in [3.63, 3.8) is 0 Å². The molecule has 0 spiro atoms. The maximum absolute atomic E-state index is 11.4. The quantitative estimate of drug-likeness (QED) is 0.675. The predicted molar refractivity (Wildman–Crippen MR) is 57.8 cm³/mol. The second-order valence-corrected chi connectivity index (χ2v) is 4.70. The van der Waals surface area contributed by atoms with Crippen LogP contribution in [0.3, 0.4) is 0 Å². The van der Waals surface area contributed by atoms with Crippen molar-refractivity contribution in [2.75, 3.05) is 6.54 Å². The molecule has 14 heavy (non-hydrogen) atoms. The molecule has 1 aliphatic carbocycles. The highest BCUT2D eigenvalue weighted by Gasteiger charge is 2.37. The van der Waals surface area contributed by atoms with Gasteiger partial charge in [-0.3, -0.25) is 4.79 Å². The third-order valence-corrected chi connectivity index (χ3v) is 3.56. The van der Waals surface area contributed by atoms with Gasteiger partial charge in [0, 0.05) is 0 Å². The lowest BCUT2D eigenvalue weighted by Gasteiger charge is -2.33. The molecule has 0 aromatic carbocycles. The maximum Gasteiger partial charge on any atom is 0.237 e. The fourth-order valence-electron chi connectivity index (χ4n) is 1.59. The van der Waals surface area contributed by atoms with Crippen LogP contribution in [0, 0.1) is 11.8 Å². The normalized spacial score (nSPS) is 22.8. The first-order valence-electron chi connectivity index (χ1n) is 5.55. The van der Waals surface area contributed by atoms with Crippen LogP contribution in [0.1, 0.15) is 40.0 Å². The van der Waals surface area contributed by atoms with Crippen molar-refractivity contribution in [1.29, 1.82) is 0 Å². The van der Waals surface area contributed by atoms with Gasteiger partial charge in [0.2, 0.25) is 5.91 Å². The Morgan fingerprint density at radius 2 is 2.21 bits per heavy atom. The van der Waals surface area contributed by atoms with Gasteiger partial charge in [-0.15, -0.1) is 0 Å². The van der Waals surface area contributed by atoms with Crippen molar-refractivity contribution in [2.24, 2.45) is 17.6 Å². The minimum absolute atomic E-state index is 0.229. The van der Waals surface area contributed by atoms with Crippen molar-refractivity contribution >= 4 is 5.91 Å². The lowest BCUT2D eigenvalue weighted by molar-refractivity contribution is -0.125. The lowest BCUT2D eigenvalue weighted by Crippen LogP contribution is -2.57. The molecule has 2 atom stereocenters. The third kappa shape index (κ3) is 2.47. The highest BCUT2D eigenvalue weighted by atomic mass is 16.1. The van der Waals surface area contributed by atoms with E-state index in [0.29, 0.717) is 5.92 Å². The van der Waals surface area contributed by atoms with E-state index in [4.69, 9.17) is 5.73 Å². The van der Waals surface area contributed by atoms with Gasteiger partial charge < -0.3 is 11.1 Å². The SMILES string of the molecule is CCC(C)C(C)(NCC1CC1)C(N)=O. The Morgan fingerprint density at radius 1 is 1.64 bits per heavy atom. The first-order valence-corrected chi connectivity index (χ1v) is 5.55. The fraction of sp³-hybridized carbons (Fsp3) is 0.909. The van der Waals surface area contributed by atoms with E-state index in [1.54, 1.807) is 0 Å². The molecule has 3 heteroatoms. The van der Waals surface area contributed by atoms with Gasteiger partial charge in [-0.05, 0) is 38.1 Å². The van der Waals surface area contributed by atoms with Crippen molar-refractivity contribution < 1.29 is 4.79 Å². The van der Waals surface area contributed by atoms with E-state index in [9.17, 15) is 4.79 Å². The Morgan fingerprint density at radius 3 is 2.57 bits per heavy atom. The molecule has 0 aromatic heterocycles. The second-order valence-electron chi connectivity index (χ2n) is 4.70. The molecule has 1 aliphatic rings. The largest absolute Gasteiger partial charge is 0.368 e. The number of nitrogens with two attached hydrogens (primary N) is 1. The smallest absolute Gasteiger partial charge is 0.237 e. The summed E-state index contributed by atoms with van der Waals surface area (Å²) in [5.41, 5.74) is 4.92. The maximum atomic E-state index is 11.4. The van der Waals surface area contributed by atoms with Crippen molar-refractivity contribution in [2.45, 2.75) is 45.6 Å². The standard InChI is InChI=1S/C11H22N2O/c1-4-8(2)11(3,10(12)14)13-7-9-5-6-9/h8-9,13H,4-7H2,1-3H3,(H2,12,14). The van der Waals surface area contributed by atoms with Crippen molar-refractivity contribution in [3.05, 3.63) is 0 Å². The lowest BCUT2D eigenvalue weighted by atomic mass is 9.84. The molecule has 3 nitrogen and oxygen atoms in total. The van der Waals surface area contributed by atoms with Crippen molar-refractivity contribution in [1.82, 2.24) is 5.32 Å². The number of hydrogen-bond donors (Lipinski definition) is 2. The first-order chi connectivity index (χ1) is 6.50. The van der Waals surface area contributed by atoms with E-state index in [0.717, 1.165) is 18.9 Å². The predicted octanol–water partition coefficient (Wildman–Crippen LogP) is 1.28. The summed E-state index contributed by atoms with van der Waals surface area (Å²) in [4.78, 5) is 11.4. The van der Waals surface area contributed by atoms with Crippen LogP contribution in [0.5, 0.6) is 0 Å². The topological polar surface area (TPSA) is 55.1 Å². The molecule has 1 fully saturated rings. The molecule has 82 valence electrons. The summed E-state index contributed by atoms with van der Waals surface area (Å²) in [6.45, 7) is 7.02. The van der Waals surface area contributed by atoms with Gasteiger partial charge in [0.1, 0.15) is 0 Å². The van der Waals surface area contributed by atoms with Gasteiger partial charge >= 0.3 is 0 Å². The summed E-state index contributed by atoms with van der Waals surface area (Å²) < 4.78 is 0. The van der Waals surface area contributed by atoms with Gasteiger partial charge in [-0.2, -0.15) is 0 Å². The van der Waals surface area contributed by atoms with Gasteiger partial charge in [-0.25, -0.2) is 0 Å². The number of primary amides is 1. The molecule has 0 saturated heterocycles. The number of carbonyl (C=O) groups excluding carboxylic acids is 1. The summed E-state index contributed by atoms with van der Waals surface area (Å²) in [7, 11) is 0. The zero-order valence-electron chi connectivity index (χ0n) is 9.47. The summed E-state index contributed by atoms with van der Waals surface area (Å²) in [6.07, 6.45) is 3.56. The Balaban J connectivity index is 2.54. The fourth-order valence-corrected chi connectivity index (χ4v) is 1.59. The molecule has 1 rings (SSSR count). The van der Waals surface area contributed by atoms with Crippen LogP contribution < -0.4 is 11.1 Å². The molecule has 3 N–H and O–H groups in total. The number of amides is 1. The molecular formula is C11H22N2O. The van der Waals surface area contributed by atoms with Crippen LogP contribution >= 0.6 is 0 Å². The molecule has 1 amide bonds. The molecule has 0 aromatic rings. The van der Waals surface area contributed by atoms with Crippen molar-refractivity contribution in [3.8, 4) is 0 Å². The van der Waals surface area contributed by atoms with Crippen LogP contribution in [0.2, 0.25) is 0 Å². The van der Waals surface area contributed by atoms with E-state index in [1.165, 1.54) is 12.8 Å². The monoisotopic (exact) mass is 198 g/mol. The van der Waals surface area contributed by atoms with Gasteiger partial charge in [0.05, 0.1) is 5.54 Å². The second kappa shape index (κ2) is 4.30. The highest BCUT2D eigenvalue weighted by Crippen LogP contribution is 2.29. The van der Waals surface area contributed by atoms with E-state index >= 15 is 0 Å². The Kier molecular flexibility index (Phi) is 3.53. The number of rotatable bonds is 6. The number of hydrogen-bond acceptors (Lipinski definition) is 2. The van der Waals surface area contributed by atoms with E-state index in [1.807, 2.05) is 6.92 Å². The number of carbonyl (C=O) groups is 1. The van der Waals surface area contributed by atoms with Crippen LogP contribution in [-0.2, 0) is 4.79 Å². The Hall–Kier alpha value is -0.570. The first kappa shape index (κ1) is 11.5. The van der Waals surface area contributed by atoms with E-state index in [2.05, 4.69) is 19.2 Å². The third-order valence-electron chi connectivity index (χ3n) is 3.56.